The molecule has 1 aromatic carbocycles. The van der Waals surface area contributed by atoms with Gasteiger partial charge in [-0.1, -0.05) is 35.5 Å². The van der Waals surface area contributed by atoms with E-state index in [1.54, 1.807) is 18.1 Å². The van der Waals surface area contributed by atoms with Crippen molar-refractivity contribution < 1.29 is 18.8 Å². The molecule has 7 heteroatoms. The van der Waals surface area contributed by atoms with Crippen molar-refractivity contribution >= 4 is 11.8 Å². The largest absolute Gasteiger partial charge is 0.383 e. The van der Waals surface area contributed by atoms with Crippen molar-refractivity contribution in [1.29, 1.82) is 0 Å². The lowest BCUT2D eigenvalue weighted by molar-refractivity contribution is -0.140. The summed E-state index contributed by atoms with van der Waals surface area (Å²) in [6.07, 6.45) is 1.74. The van der Waals surface area contributed by atoms with Crippen LogP contribution in [0.15, 0.2) is 40.9 Å². The van der Waals surface area contributed by atoms with Gasteiger partial charge in [0.1, 0.15) is 0 Å². The molecule has 0 unspecified atom stereocenters. The van der Waals surface area contributed by atoms with E-state index >= 15 is 0 Å². The number of carbonyl (C=O) groups excluding carboxylic acids is 2. The van der Waals surface area contributed by atoms with Crippen LogP contribution in [0.4, 0.5) is 0 Å². The number of carbonyl (C=O) groups is 2. The van der Waals surface area contributed by atoms with Crippen molar-refractivity contribution in [2.24, 2.45) is 5.92 Å². The molecule has 0 saturated carbocycles. The number of aromatic nitrogens is 1. The third-order valence-electron chi connectivity index (χ3n) is 5.40. The van der Waals surface area contributed by atoms with E-state index in [0.717, 1.165) is 18.4 Å². The molecule has 0 spiro atoms. The number of piperidine rings is 1. The maximum absolute atomic E-state index is 13.0. The normalized spacial score (nSPS) is 22.2. The minimum atomic E-state index is -0.181. The number of hydrogen-bond acceptors (Lipinski definition) is 5. The number of ether oxygens (including phenoxy) is 1. The molecule has 27 heavy (non-hydrogen) atoms. The Kier molecular flexibility index (Phi) is 4.94. The van der Waals surface area contributed by atoms with Crippen LogP contribution in [0.2, 0.25) is 0 Å². The standard InChI is InChI=1S/C20H23N3O4/c1-26-10-9-23-16-8-7-15(19(23)24)12-22(13-16)20(25)17-11-18(27-21-17)14-5-3-2-4-6-14/h2-6,11,15-16H,7-10,12-13H2,1H3/t15-,16+/m0/s1. The second kappa shape index (κ2) is 7.52. The monoisotopic (exact) mass is 369 g/mol. The zero-order chi connectivity index (χ0) is 18.8. The van der Waals surface area contributed by atoms with E-state index in [1.807, 2.05) is 35.2 Å². The highest BCUT2D eigenvalue weighted by Gasteiger charge is 2.42. The molecule has 5 rings (SSSR count). The highest BCUT2D eigenvalue weighted by atomic mass is 16.5. The first kappa shape index (κ1) is 17.7. The van der Waals surface area contributed by atoms with Crippen molar-refractivity contribution in [3.8, 4) is 11.3 Å². The molecule has 142 valence electrons. The van der Waals surface area contributed by atoms with Gasteiger partial charge in [0, 0.05) is 44.4 Å². The van der Waals surface area contributed by atoms with E-state index in [2.05, 4.69) is 5.16 Å². The number of fused-ring (bicyclic) bond motifs is 4. The molecule has 0 aliphatic carbocycles. The van der Waals surface area contributed by atoms with Gasteiger partial charge in [-0.15, -0.1) is 0 Å². The maximum atomic E-state index is 13.0. The van der Waals surface area contributed by atoms with Crippen LogP contribution in [0.5, 0.6) is 0 Å². The first-order chi connectivity index (χ1) is 13.2. The molecule has 3 aliphatic rings. The first-order valence-corrected chi connectivity index (χ1v) is 9.28. The summed E-state index contributed by atoms with van der Waals surface area (Å²) in [6, 6.07) is 11.3. The third kappa shape index (κ3) is 3.47. The van der Waals surface area contributed by atoms with Crippen LogP contribution in [0.1, 0.15) is 23.3 Å². The SMILES string of the molecule is COCCN1C(=O)[C@H]2CC[C@@H]1CN(C(=O)c1cc(-c3ccccc3)on1)C2. The van der Waals surface area contributed by atoms with Gasteiger partial charge >= 0.3 is 0 Å². The van der Waals surface area contributed by atoms with Crippen LogP contribution in [0.3, 0.4) is 0 Å². The average Bonchev–Trinajstić information content (AvgIpc) is 3.04. The van der Waals surface area contributed by atoms with Gasteiger partial charge in [-0.2, -0.15) is 0 Å². The molecule has 4 heterocycles. The quantitative estimate of drug-likeness (QED) is 0.806. The highest BCUT2D eigenvalue weighted by Crippen LogP contribution is 2.30. The number of rotatable bonds is 5. The summed E-state index contributed by atoms with van der Waals surface area (Å²) in [7, 11) is 1.63. The molecule has 3 saturated heterocycles. The zero-order valence-corrected chi connectivity index (χ0v) is 15.3. The fourth-order valence-corrected chi connectivity index (χ4v) is 3.97. The lowest BCUT2D eigenvalue weighted by atomic mass is 9.94. The molecule has 2 bridgehead atoms. The summed E-state index contributed by atoms with van der Waals surface area (Å²) in [5, 5.41) is 3.97. The molecule has 2 atom stereocenters. The van der Waals surface area contributed by atoms with Crippen LogP contribution >= 0.6 is 0 Å². The van der Waals surface area contributed by atoms with Gasteiger partial charge in [0.15, 0.2) is 11.5 Å². The Morgan fingerprint density at radius 1 is 1.26 bits per heavy atom. The zero-order valence-electron chi connectivity index (χ0n) is 15.3. The van der Waals surface area contributed by atoms with Crippen molar-refractivity contribution in [1.82, 2.24) is 15.0 Å². The molecule has 3 fully saturated rings. The first-order valence-electron chi connectivity index (χ1n) is 9.28. The van der Waals surface area contributed by atoms with Crippen molar-refractivity contribution in [2.75, 3.05) is 33.4 Å². The van der Waals surface area contributed by atoms with Crippen molar-refractivity contribution in [3.63, 3.8) is 0 Å². The molecule has 2 amide bonds. The van der Waals surface area contributed by atoms with Crippen LogP contribution in [0, 0.1) is 5.92 Å². The smallest absolute Gasteiger partial charge is 0.276 e. The van der Waals surface area contributed by atoms with Crippen LogP contribution in [-0.4, -0.2) is 66.2 Å². The van der Waals surface area contributed by atoms with E-state index in [9.17, 15) is 9.59 Å². The predicted octanol–water partition coefficient (Wildman–Crippen LogP) is 2.05. The van der Waals surface area contributed by atoms with E-state index in [0.29, 0.717) is 32.0 Å². The van der Waals surface area contributed by atoms with Gasteiger partial charge in [0.05, 0.1) is 12.5 Å². The minimum absolute atomic E-state index is 0.0378. The van der Waals surface area contributed by atoms with Crippen LogP contribution in [0.25, 0.3) is 11.3 Å². The lowest BCUT2D eigenvalue weighted by Crippen LogP contribution is -2.49. The Balaban J connectivity index is 1.52. The van der Waals surface area contributed by atoms with E-state index in [-0.39, 0.29) is 29.5 Å². The number of nitrogens with zero attached hydrogens (tertiary/aromatic N) is 3. The van der Waals surface area contributed by atoms with Gasteiger partial charge in [0.25, 0.3) is 5.91 Å². The fraction of sp³-hybridized carbons (Fsp3) is 0.450. The number of amides is 2. The third-order valence-corrected chi connectivity index (χ3v) is 5.40. The number of methoxy groups -OCH3 is 1. The molecule has 7 nitrogen and oxygen atoms in total. The minimum Gasteiger partial charge on any atom is -0.383 e. The Morgan fingerprint density at radius 2 is 2.07 bits per heavy atom. The van der Waals surface area contributed by atoms with Crippen molar-refractivity contribution in [3.05, 3.63) is 42.1 Å². The van der Waals surface area contributed by atoms with Gasteiger partial charge in [-0.3, -0.25) is 9.59 Å². The summed E-state index contributed by atoms with van der Waals surface area (Å²) in [6.45, 7) is 2.04. The lowest BCUT2D eigenvalue weighted by Gasteiger charge is -2.35. The topological polar surface area (TPSA) is 75.9 Å². The maximum Gasteiger partial charge on any atom is 0.276 e. The van der Waals surface area contributed by atoms with E-state index < -0.39 is 0 Å². The summed E-state index contributed by atoms with van der Waals surface area (Å²) in [5.41, 5.74) is 1.16. The van der Waals surface area contributed by atoms with E-state index in [4.69, 9.17) is 9.26 Å². The van der Waals surface area contributed by atoms with Gasteiger partial charge in [0.2, 0.25) is 5.91 Å². The van der Waals surface area contributed by atoms with Gasteiger partial charge in [-0.25, -0.2) is 0 Å². The van der Waals surface area contributed by atoms with E-state index in [1.165, 1.54) is 0 Å². The molecule has 0 radical (unpaired) electrons. The fourth-order valence-electron chi connectivity index (χ4n) is 3.97. The summed E-state index contributed by atoms with van der Waals surface area (Å²) < 4.78 is 10.5. The van der Waals surface area contributed by atoms with Gasteiger partial charge < -0.3 is 19.1 Å². The molecule has 2 aromatic rings. The molecular formula is C20H23N3O4. The molecule has 0 N–H and O–H groups in total. The molecule has 3 aliphatic heterocycles. The Hall–Kier alpha value is -2.67. The van der Waals surface area contributed by atoms with Crippen LogP contribution in [-0.2, 0) is 9.53 Å². The summed E-state index contributed by atoms with van der Waals surface area (Å²) in [4.78, 5) is 29.3. The Labute approximate surface area is 157 Å². The predicted molar refractivity (Wildman–Crippen MR) is 97.9 cm³/mol. The second-order valence-corrected chi connectivity index (χ2v) is 7.11. The average molecular weight is 369 g/mol. The number of benzene rings is 1. The van der Waals surface area contributed by atoms with Gasteiger partial charge in [-0.05, 0) is 12.8 Å². The van der Waals surface area contributed by atoms with Crippen molar-refractivity contribution in [2.45, 2.75) is 18.9 Å². The Bertz CT molecular complexity index is 820. The highest BCUT2D eigenvalue weighted by molar-refractivity contribution is 5.94. The molecular weight excluding hydrogens is 346 g/mol. The van der Waals surface area contributed by atoms with Crippen LogP contribution < -0.4 is 0 Å². The molecule has 1 aromatic heterocycles. The summed E-state index contributed by atoms with van der Waals surface area (Å²) in [5.74, 6) is 0.363. The summed E-state index contributed by atoms with van der Waals surface area (Å²) >= 11 is 0. The second-order valence-electron chi connectivity index (χ2n) is 7.11. The number of hydrogen-bond donors (Lipinski definition) is 0. The Morgan fingerprint density at radius 3 is 2.85 bits per heavy atom.